The van der Waals surface area contributed by atoms with Crippen molar-refractivity contribution in [3.63, 3.8) is 0 Å². The minimum atomic E-state index is 0.276. The number of aromatic hydroxyl groups is 1. The Kier molecular flexibility index (Phi) is 9.43. The van der Waals surface area contributed by atoms with E-state index in [0.29, 0.717) is 12.0 Å². The Morgan fingerprint density at radius 3 is 2.46 bits per heavy atom. The van der Waals surface area contributed by atoms with Crippen LogP contribution in [0.15, 0.2) is 90.6 Å². The lowest BCUT2D eigenvalue weighted by Gasteiger charge is -2.22. The molecule has 2 heterocycles. The molecule has 0 aromatic heterocycles. The number of hydrogen-bond donors (Lipinski definition) is 2. The number of benzene rings is 2. The summed E-state index contributed by atoms with van der Waals surface area (Å²) in [7, 11) is 0. The monoisotopic (exact) mass is 498 g/mol. The van der Waals surface area contributed by atoms with Crippen LogP contribution in [0.4, 0.5) is 0 Å². The lowest BCUT2D eigenvalue weighted by molar-refractivity contribution is 0.217. The fourth-order valence-electron chi connectivity index (χ4n) is 5.66. The van der Waals surface area contributed by atoms with Crippen LogP contribution in [0.25, 0.3) is 5.57 Å². The van der Waals surface area contributed by atoms with E-state index in [-0.39, 0.29) is 5.75 Å². The van der Waals surface area contributed by atoms with Gasteiger partial charge in [0.05, 0.1) is 0 Å². The van der Waals surface area contributed by atoms with Crippen LogP contribution in [-0.4, -0.2) is 49.3 Å². The number of allylic oxidation sites excluding steroid dienone is 6. The quantitative estimate of drug-likeness (QED) is 0.337. The van der Waals surface area contributed by atoms with Crippen LogP contribution in [0.1, 0.15) is 50.7 Å². The van der Waals surface area contributed by atoms with Crippen molar-refractivity contribution in [2.75, 3.05) is 39.3 Å². The Labute approximate surface area is 223 Å². The summed E-state index contributed by atoms with van der Waals surface area (Å²) >= 11 is 0. The molecule has 4 nitrogen and oxygen atoms in total. The van der Waals surface area contributed by atoms with Crippen molar-refractivity contribution in [2.24, 2.45) is 5.41 Å². The van der Waals surface area contributed by atoms with Gasteiger partial charge in [0.1, 0.15) is 18.1 Å². The molecule has 2 aromatic carbocycles. The van der Waals surface area contributed by atoms with Crippen molar-refractivity contribution in [2.45, 2.75) is 39.5 Å². The van der Waals surface area contributed by atoms with E-state index < -0.39 is 0 Å². The first-order valence-electron chi connectivity index (χ1n) is 13.7. The molecule has 1 atom stereocenters. The number of rotatable bonds is 11. The van der Waals surface area contributed by atoms with E-state index in [0.717, 1.165) is 42.8 Å². The number of ether oxygens (including phenoxy) is 1. The second kappa shape index (κ2) is 12.9. The van der Waals surface area contributed by atoms with Crippen LogP contribution in [0, 0.1) is 5.41 Å². The van der Waals surface area contributed by atoms with Crippen molar-refractivity contribution < 1.29 is 9.84 Å². The van der Waals surface area contributed by atoms with Crippen LogP contribution in [0.3, 0.4) is 0 Å². The lowest BCUT2D eigenvalue weighted by atomic mass is 9.87. The molecule has 4 rings (SSSR count). The maximum Gasteiger partial charge on any atom is 0.119 e. The first-order chi connectivity index (χ1) is 18.0. The molecule has 0 aliphatic carbocycles. The molecule has 4 heteroatoms. The van der Waals surface area contributed by atoms with Gasteiger partial charge in [0.25, 0.3) is 0 Å². The average molecular weight is 499 g/mol. The third-order valence-electron chi connectivity index (χ3n) is 7.70. The minimum absolute atomic E-state index is 0.276. The lowest BCUT2D eigenvalue weighted by Crippen LogP contribution is -2.31. The topological polar surface area (TPSA) is 44.7 Å². The Hall–Kier alpha value is -3.08. The summed E-state index contributed by atoms with van der Waals surface area (Å²) < 4.78 is 6.16. The largest absolute Gasteiger partial charge is 0.508 e. The number of phenolic OH excluding ortho intramolecular Hbond substituents is 1. The van der Waals surface area contributed by atoms with Gasteiger partial charge in [-0.15, -0.1) is 0 Å². The number of hydrogen-bond acceptors (Lipinski definition) is 4. The van der Waals surface area contributed by atoms with Crippen molar-refractivity contribution in [3.05, 3.63) is 102 Å². The smallest absolute Gasteiger partial charge is 0.119 e. The van der Waals surface area contributed by atoms with Gasteiger partial charge < -0.3 is 15.2 Å². The van der Waals surface area contributed by atoms with Gasteiger partial charge in [-0.05, 0) is 96.8 Å². The SMILES string of the molecule is C=C\C=C/C=C(C)/C(CCC)=C(/c1ccc(O)cc1)c1ccc(OCCN2CCC3(CCNC3)C2)cc1. The molecule has 1 spiro atoms. The summed E-state index contributed by atoms with van der Waals surface area (Å²) in [6.45, 7) is 14.5. The first-order valence-corrected chi connectivity index (χ1v) is 13.7. The van der Waals surface area contributed by atoms with Gasteiger partial charge in [0.15, 0.2) is 0 Å². The second-order valence-corrected chi connectivity index (χ2v) is 10.4. The van der Waals surface area contributed by atoms with Gasteiger partial charge in [0, 0.05) is 19.6 Å². The molecule has 37 heavy (non-hydrogen) atoms. The van der Waals surface area contributed by atoms with Crippen LogP contribution in [0.5, 0.6) is 11.5 Å². The molecule has 0 saturated carbocycles. The van der Waals surface area contributed by atoms with Crippen molar-refractivity contribution >= 4 is 5.57 Å². The van der Waals surface area contributed by atoms with Gasteiger partial charge >= 0.3 is 0 Å². The van der Waals surface area contributed by atoms with E-state index in [1.807, 2.05) is 24.3 Å². The number of nitrogens with one attached hydrogen (secondary N) is 1. The normalized spacial score (nSPS) is 21.1. The van der Waals surface area contributed by atoms with E-state index >= 15 is 0 Å². The molecule has 2 aliphatic heterocycles. The van der Waals surface area contributed by atoms with Gasteiger partial charge in [-0.3, -0.25) is 4.90 Å². The molecule has 2 saturated heterocycles. The second-order valence-electron chi connectivity index (χ2n) is 10.4. The zero-order chi connectivity index (χ0) is 26.1. The molecule has 2 aliphatic rings. The molecule has 1 unspecified atom stereocenters. The molecule has 2 fully saturated rings. The van der Waals surface area contributed by atoms with Gasteiger partial charge in [-0.25, -0.2) is 0 Å². The van der Waals surface area contributed by atoms with Gasteiger partial charge in [0.2, 0.25) is 0 Å². The zero-order valence-corrected chi connectivity index (χ0v) is 22.5. The summed E-state index contributed by atoms with van der Waals surface area (Å²) in [5, 5.41) is 13.4. The van der Waals surface area contributed by atoms with E-state index in [9.17, 15) is 5.11 Å². The predicted molar refractivity (Wildman–Crippen MR) is 155 cm³/mol. The van der Waals surface area contributed by atoms with E-state index in [1.165, 1.54) is 49.2 Å². The highest BCUT2D eigenvalue weighted by atomic mass is 16.5. The highest BCUT2D eigenvalue weighted by molar-refractivity contribution is 5.85. The molecule has 0 bridgehead atoms. The van der Waals surface area contributed by atoms with Crippen LogP contribution >= 0.6 is 0 Å². The molecule has 2 aromatic rings. The summed E-state index contributed by atoms with van der Waals surface area (Å²) in [5.74, 6) is 1.18. The van der Waals surface area contributed by atoms with E-state index in [4.69, 9.17) is 4.74 Å². The van der Waals surface area contributed by atoms with Crippen LogP contribution in [0.2, 0.25) is 0 Å². The summed E-state index contributed by atoms with van der Waals surface area (Å²) in [4.78, 5) is 2.56. The standard InChI is InChI=1S/C33H42N2O2/c1-4-6-7-9-26(3)31(8-5-2)32(27-10-14-29(36)15-11-27)28-12-16-30(17-13-28)37-23-22-35-21-19-33(25-35)18-20-34-24-33/h4,6-7,9-17,34,36H,1,5,8,18-25H2,2-3H3/b7-6-,26-9+,32-31-. The summed E-state index contributed by atoms with van der Waals surface area (Å²) in [5.41, 5.74) is 6.48. The molecular weight excluding hydrogens is 456 g/mol. The van der Waals surface area contributed by atoms with Gasteiger partial charge in [-0.2, -0.15) is 0 Å². The van der Waals surface area contributed by atoms with Crippen molar-refractivity contribution in [3.8, 4) is 11.5 Å². The van der Waals surface area contributed by atoms with E-state index in [1.54, 1.807) is 18.2 Å². The molecular formula is C33H42N2O2. The average Bonchev–Trinajstić information content (AvgIpc) is 3.54. The third kappa shape index (κ3) is 7.03. The molecule has 2 N–H and O–H groups in total. The van der Waals surface area contributed by atoms with Gasteiger partial charge in [-0.1, -0.05) is 68.5 Å². The highest BCUT2D eigenvalue weighted by Crippen LogP contribution is 2.36. The molecule has 0 amide bonds. The number of phenols is 1. The fourth-order valence-corrected chi connectivity index (χ4v) is 5.66. The summed E-state index contributed by atoms with van der Waals surface area (Å²) in [6.07, 6.45) is 12.5. The van der Waals surface area contributed by atoms with Crippen molar-refractivity contribution in [1.29, 1.82) is 0 Å². The third-order valence-corrected chi connectivity index (χ3v) is 7.70. The Morgan fingerprint density at radius 2 is 1.81 bits per heavy atom. The molecule has 0 radical (unpaired) electrons. The molecule has 196 valence electrons. The Morgan fingerprint density at radius 1 is 1.08 bits per heavy atom. The summed E-state index contributed by atoms with van der Waals surface area (Å²) in [6, 6.07) is 16.0. The minimum Gasteiger partial charge on any atom is -0.508 e. The predicted octanol–water partition coefficient (Wildman–Crippen LogP) is 6.75. The zero-order valence-electron chi connectivity index (χ0n) is 22.5. The van der Waals surface area contributed by atoms with Crippen LogP contribution in [-0.2, 0) is 0 Å². The van der Waals surface area contributed by atoms with Crippen molar-refractivity contribution in [1.82, 2.24) is 10.2 Å². The maximum atomic E-state index is 9.89. The number of nitrogens with zero attached hydrogens (tertiary/aromatic N) is 1. The van der Waals surface area contributed by atoms with Crippen LogP contribution < -0.4 is 10.1 Å². The Balaban J connectivity index is 1.52. The highest BCUT2D eigenvalue weighted by Gasteiger charge is 2.39. The fraction of sp³-hybridized carbons (Fsp3) is 0.394. The van der Waals surface area contributed by atoms with E-state index in [2.05, 4.69) is 61.0 Å². The Bertz CT molecular complexity index is 1120. The first kappa shape index (κ1) is 27.0. The number of likely N-dealkylation sites (tertiary alicyclic amines) is 1. The maximum absolute atomic E-state index is 9.89.